The quantitative estimate of drug-likeness (QED) is 0.0833. The van der Waals surface area contributed by atoms with Crippen LogP contribution in [0.4, 0.5) is 0 Å². The zero-order chi connectivity index (χ0) is 32.1. The van der Waals surface area contributed by atoms with E-state index in [1.807, 2.05) is 21.1 Å². The fraction of sp³-hybridized carbons (Fsp3) is 0.632. The van der Waals surface area contributed by atoms with Crippen LogP contribution in [0, 0.1) is 0 Å². The van der Waals surface area contributed by atoms with E-state index >= 15 is 0 Å². The van der Waals surface area contributed by atoms with Crippen molar-refractivity contribution in [1.29, 1.82) is 0 Å². The van der Waals surface area contributed by atoms with Crippen molar-refractivity contribution in [3.8, 4) is 0 Å². The molecule has 0 aromatic heterocycles. The van der Waals surface area contributed by atoms with Crippen LogP contribution in [0.15, 0.2) is 0 Å². The molecule has 0 saturated heterocycles. The molecule has 0 aliphatic rings. The first-order valence-corrected chi connectivity index (χ1v) is 9.98. The number of nitrogens with zero attached hydrogens (tertiary/aromatic N) is 1. The number of likely N-dealkylation sites (N-methyl/N-ethyl adjacent to an activating group) is 1. The molecule has 0 spiro atoms. The summed E-state index contributed by atoms with van der Waals surface area (Å²) in [6, 6.07) is 0. The molecule has 0 bridgehead atoms. The second kappa shape index (κ2) is 24.1. The molecule has 0 heterocycles. The van der Waals surface area contributed by atoms with Crippen molar-refractivity contribution in [3.63, 3.8) is 0 Å². The van der Waals surface area contributed by atoms with Gasteiger partial charge < -0.3 is 99.3 Å². The van der Waals surface area contributed by atoms with Crippen molar-refractivity contribution in [2.24, 2.45) is 0 Å². The summed E-state index contributed by atoms with van der Waals surface area (Å²) < 4.78 is 0.550. The van der Waals surface area contributed by atoms with Gasteiger partial charge in [0.05, 0.1) is 45.0 Å². The van der Waals surface area contributed by atoms with Gasteiger partial charge in [0, 0.05) is 37.2 Å². The maximum atomic E-state index is 10.2. The first-order valence-electron chi connectivity index (χ1n) is 9.98. The van der Waals surface area contributed by atoms with E-state index in [1.165, 1.54) is 0 Å². The Morgan fingerprint density at radius 2 is 0.857 bits per heavy atom. The Morgan fingerprint density at radius 1 is 0.595 bits per heavy atom. The van der Waals surface area contributed by atoms with E-state index in [4.69, 9.17) is 25.5 Å². The van der Waals surface area contributed by atoms with Crippen LogP contribution in [-0.4, -0.2) is 242 Å². The molecular formula is C19H25Ca3NO19. The minimum absolute atomic E-state index is 0. The molecule has 5 atom stereocenters. The minimum Gasteiger partial charge on any atom is -0.550 e. The molecule has 0 aromatic carbocycles. The zero-order valence-corrected chi connectivity index (χ0v) is 29.2. The fourth-order valence-electron chi connectivity index (χ4n) is 2.28. The van der Waals surface area contributed by atoms with Crippen LogP contribution >= 0.6 is 0 Å². The standard InChI is InChI=1S/C7H15NO3.2C6H8O8.3Ca/c1-8(2,3)5-6(9)4-7(10)11;2*7-2(8)1-6(14,5(12)13)3(9)4(10)11;;;/h6,9H,4-5H2,1-3H3;2*3,9,14H,1H2,(H,7,8)(H,10,11)(H,12,13);;;/q;;;3*+2/p-6/t6-;;;;;/m1...../s1. The molecule has 0 amide bonds. The van der Waals surface area contributed by atoms with Gasteiger partial charge in [-0.3, -0.25) is 0 Å². The number of hydrogen-bond donors (Lipinski definition) is 5. The van der Waals surface area contributed by atoms with E-state index in [-0.39, 0.29) is 120 Å². The number of aliphatic hydroxyl groups excluding tert-OH is 3. The summed E-state index contributed by atoms with van der Waals surface area (Å²) in [5, 5.41) is 115. The second-order valence-corrected chi connectivity index (χ2v) is 8.67. The SMILES string of the molecule is C[N+](C)(C)C[C@H](O)CC(=O)[O-].O=C([O-])CC(O)(C(=O)[O-])C(O)C(=O)[O-].O=C([O-])CC(O)(C(=O)[O-])C(O)C(=O)[O-].[Ca+2].[Ca+2].[Ca+2]. The molecule has 226 valence electrons. The van der Waals surface area contributed by atoms with E-state index in [9.17, 15) is 69.3 Å². The van der Waals surface area contributed by atoms with Crippen molar-refractivity contribution in [1.82, 2.24) is 0 Å². The fourth-order valence-corrected chi connectivity index (χ4v) is 2.28. The van der Waals surface area contributed by atoms with Crippen LogP contribution < -0.4 is 35.7 Å². The third-order valence-electron chi connectivity index (χ3n) is 4.05. The smallest absolute Gasteiger partial charge is 0.550 e. The molecule has 20 nitrogen and oxygen atoms in total. The number of hydrogen-bond acceptors (Lipinski definition) is 19. The number of aliphatic carboxylic acids is 7. The van der Waals surface area contributed by atoms with E-state index < -0.39 is 84.1 Å². The Morgan fingerprint density at radius 3 is 1.00 bits per heavy atom. The van der Waals surface area contributed by atoms with E-state index in [0.29, 0.717) is 11.0 Å². The predicted molar refractivity (Wildman–Crippen MR) is 117 cm³/mol. The number of carbonyl (C=O) groups is 7. The average Bonchev–Trinajstić information content (AvgIpc) is 2.69. The van der Waals surface area contributed by atoms with Crippen molar-refractivity contribution in [2.75, 3.05) is 27.7 Å². The zero-order valence-electron chi connectivity index (χ0n) is 22.6. The minimum atomic E-state index is -3.46. The number of carboxylic acid groups (broad SMARTS) is 7. The summed E-state index contributed by atoms with van der Waals surface area (Å²) >= 11 is 0. The molecule has 0 fully saturated rings. The first-order chi connectivity index (χ1) is 17.2. The Balaban J connectivity index is -0.000000113. The molecule has 0 saturated carbocycles. The molecule has 4 unspecified atom stereocenters. The predicted octanol–water partition coefficient (Wildman–Crippen LogP) is -15.5. The number of aliphatic hydroxyl groups is 5. The molecule has 23 heteroatoms. The average molecular weight is 692 g/mol. The van der Waals surface area contributed by atoms with E-state index in [2.05, 4.69) is 0 Å². The third-order valence-corrected chi connectivity index (χ3v) is 4.05. The van der Waals surface area contributed by atoms with Crippen molar-refractivity contribution < 1.29 is 99.3 Å². The Bertz CT molecular complexity index is 871. The Labute approximate surface area is 326 Å². The Kier molecular flexibility index (Phi) is 31.2. The van der Waals surface area contributed by atoms with Gasteiger partial charge in [0.15, 0.2) is 0 Å². The summed E-state index contributed by atoms with van der Waals surface area (Å²) in [7, 11) is 5.66. The first kappa shape index (κ1) is 54.3. The molecule has 0 aliphatic carbocycles. The molecule has 42 heavy (non-hydrogen) atoms. The molecule has 0 radical (unpaired) electrons. The second-order valence-electron chi connectivity index (χ2n) is 8.67. The third kappa shape index (κ3) is 23.2. The summed E-state index contributed by atoms with van der Waals surface area (Å²) in [6.07, 6.45) is -10.2. The van der Waals surface area contributed by atoms with Crippen LogP contribution in [0.25, 0.3) is 0 Å². The van der Waals surface area contributed by atoms with E-state index in [1.54, 1.807) is 0 Å². The Hall–Kier alpha value is -0.171. The van der Waals surface area contributed by atoms with Gasteiger partial charge in [-0.25, -0.2) is 0 Å². The maximum absolute atomic E-state index is 10.2. The molecule has 0 aromatic rings. The van der Waals surface area contributed by atoms with Gasteiger partial charge >= 0.3 is 113 Å². The number of carbonyl (C=O) groups excluding carboxylic acids is 7. The summed E-state index contributed by atoms with van der Waals surface area (Å²) in [5.74, 6) is -14.9. The van der Waals surface area contributed by atoms with Crippen molar-refractivity contribution >= 4 is 155 Å². The van der Waals surface area contributed by atoms with Crippen LogP contribution in [0.5, 0.6) is 0 Å². The number of carboxylic acids is 7. The summed E-state index contributed by atoms with van der Waals surface area (Å²) in [4.78, 5) is 70.3. The van der Waals surface area contributed by atoms with Crippen molar-refractivity contribution in [2.45, 2.75) is 48.8 Å². The van der Waals surface area contributed by atoms with Gasteiger partial charge in [-0.15, -0.1) is 0 Å². The van der Waals surface area contributed by atoms with Gasteiger partial charge in [-0.1, -0.05) is 0 Å². The van der Waals surface area contributed by atoms with Gasteiger partial charge in [0.1, 0.15) is 36.1 Å². The molecule has 5 N–H and O–H groups in total. The normalized spacial score (nSPS) is 15.0. The number of rotatable bonds is 14. The number of quaternary nitrogens is 1. The van der Waals surface area contributed by atoms with E-state index in [0.717, 1.165) is 0 Å². The molecule has 0 rings (SSSR count). The maximum Gasteiger partial charge on any atom is 2.00 e. The monoisotopic (exact) mass is 691 g/mol. The molecule has 0 aliphatic heterocycles. The molecular weight excluding hydrogens is 666 g/mol. The largest absolute Gasteiger partial charge is 2.00 e. The summed E-state index contributed by atoms with van der Waals surface area (Å²) in [6.45, 7) is 0.425. The van der Waals surface area contributed by atoms with Crippen LogP contribution in [0.2, 0.25) is 0 Å². The topological polar surface area (TPSA) is 382 Å². The van der Waals surface area contributed by atoms with Crippen molar-refractivity contribution in [3.05, 3.63) is 0 Å². The van der Waals surface area contributed by atoms with Gasteiger partial charge in [-0.05, 0) is 0 Å². The van der Waals surface area contributed by atoms with Crippen LogP contribution in [0.1, 0.15) is 19.3 Å². The van der Waals surface area contributed by atoms with Gasteiger partial charge in [-0.2, -0.15) is 0 Å². The van der Waals surface area contributed by atoms with Crippen LogP contribution in [-0.2, 0) is 33.6 Å². The van der Waals surface area contributed by atoms with Gasteiger partial charge in [0.2, 0.25) is 0 Å². The van der Waals surface area contributed by atoms with Crippen LogP contribution in [0.3, 0.4) is 0 Å². The van der Waals surface area contributed by atoms with Gasteiger partial charge in [0.25, 0.3) is 0 Å². The summed E-state index contributed by atoms with van der Waals surface area (Å²) in [5.41, 5.74) is -6.92.